The number of aryl methyl sites for hydroxylation is 5. The van der Waals surface area contributed by atoms with Crippen molar-refractivity contribution in [2.45, 2.75) is 33.6 Å². The number of hydrogen-bond acceptors (Lipinski definition) is 1. The highest BCUT2D eigenvalue weighted by Crippen LogP contribution is 2.22. The Bertz CT molecular complexity index is 912. The van der Waals surface area contributed by atoms with Gasteiger partial charge in [-0.05, 0) is 81.1 Å². The average molecular weight is 405 g/mol. The largest absolute Gasteiger partial charge is 0.303 e. The third-order valence-electron chi connectivity index (χ3n) is 4.23. The number of rotatable bonds is 4. The van der Waals surface area contributed by atoms with Crippen LogP contribution in [0.15, 0.2) is 40.9 Å². The summed E-state index contributed by atoms with van der Waals surface area (Å²) in [5, 5.41) is 0. The monoisotopic (exact) mass is 404 g/mol. The lowest BCUT2D eigenvalue weighted by atomic mass is 10.1. The van der Waals surface area contributed by atoms with Gasteiger partial charge in [-0.2, -0.15) is 0 Å². The van der Waals surface area contributed by atoms with Gasteiger partial charge in [0.2, 0.25) is 0 Å². The first-order chi connectivity index (χ1) is 11.8. The molecule has 3 aromatic rings. The Morgan fingerprint density at radius 3 is 2.32 bits per heavy atom. The quantitative estimate of drug-likeness (QED) is 0.515. The van der Waals surface area contributed by atoms with Gasteiger partial charge in [0.1, 0.15) is 5.82 Å². The van der Waals surface area contributed by atoms with Crippen LogP contribution >= 0.6 is 15.9 Å². The number of hydrogen-bond donors (Lipinski definition) is 0. The Hall–Kier alpha value is -2.01. The number of halogens is 3. The normalized spacial score (nSPS) is 11.1. The summed E-state index contributed by atoms with van der Waals surface area (Å²) >= 11 is 3.21. The molecule has 0 saturated heterocycles. The highest BCUT2D eigenvalue weighted by atomic mass is 79.9. The Morgan fingerprint density at radius 1 is 0.960 bits per heavy atom. The fourth-order valence-electron chi connectivity index (χ4n) is 3.05. The van der Waals surface area contributed by atoms with E-state index in [1.807, 2.05) is 32.9 Å². The maximum Gasteiger partial charge on any atom is 0.162 e. The van der Waals surface area contributed by atoms with Gasteiger partial charge in [-0.15, -0.1) is 0 Å². The third kappa shape index (κ3) is 3.82. The predicted molar refractivity (Wildman–Crippen MR) is 99.2 cm³/mol. The summed E-state index contributed by atoms with van der Waals surface area (Å²) in [5.41, 5.74) is 4.53. The molecule has 0 radical (unpaired) electrons. The molecule has 0 fully saturated rings. The van der Waals surface area contributed by atoms with Crippen molar-refractivity contribution in [2.75, 3.05) is 0 Å². The summed E-state index contributed by atoms with van der Waals surface area (Å²) < 4.78 is 30.1. The molecule has 0 aliphatic heterocycles. The molecule has 25 heavy (non-hydrogen) atoms. The maximum atomic E-state index is 14.0. The van der Waals surface area contributed by atoms with Crippen LogP contribution in [0.3, 0.4) is 0 Å². The molecular formula is C20H19BrF2N2. The fraction of sp³-hybridized carbons (Fsp3) is 0.250. The SMILES string of the molecule is Cc1cc(CCc2cc(Br)cc(F)c2F)nc(-n2c(C)ccc2C)c1. The molecule has 0 aliphatic carbocycles. The first kappa shape index (κ1) is 17.8. The van der Waals surface area contributed by atoms with E-state index in [0.29, 0.717) is 22.9 Å². The van der Waals surface area contributed by atoms with Crippen molar-refractivity contribution in [1.29, 1.82) is 0 Å². The van der Waals surface area contributed by atoms with E-state index >= 15 is 0 Å². The molecule has 0 bridgehead atoms. The molecular weight excluding hydrogens is 386 g/mol. The van der Waals surface area contributed by atoms with Crippen molar-refractivity contribution < 1.29 is 8.78 Å². The molecule has 0 saturated carbocycles. The highest BCUT2D eigenvalue weighted by Gasteiger charge is 2.12. The van der Waals surface area contributed by atoms with Gasteiger partial charge >= 0.3 is 0 Å². The molecule has 2 heterocycles. The molecule has 3 rings (SSSR count). The fourth-order valence-corrected chi connectivity index (χ4v) is 3.52. The summed E-state index contributed by atoms with van der Waals surface area (Å²) in [6.45, 7) is 6.09. The van der Waals surface area contributed by atoms with E-state index in [0.717, 1.165) is 34.5 Å². The Balaban J connectivity index is 1.90. The number of nitrogens with zero attached hydrogens (tertiary/aromatic N) is 2. The third-order valence-corrected chi connectivity index (χ3v) is 4.69. The second-order valence-corrected chi connectivity index (χ2v) is 7.22. The molecule has 0 aliphatic rings. The van der Waals surface area contributed by atoms with Crippen LogP contribution in [-0.2, 0) is 12.8 Å². The minimum atomic E-state index is -0.833. The molecule has 0 unspecified atom stereocenters. The summed E-state index contributed by atoms with van der Waals surface area (Å²) in [6.07, 6.45) is 0.933. The highest BCUT2D eigenvalue weighted by molar-refractivity contribution is 9.10. The summed E-state index contributed by atoms with van der Waals surface area (Å²) in [6, 6.07) is 10.9. The minimum Gasteiger partial charge on any atom is -0.303 e. The van der Waals surface area contributed by atoms with E-state index in [2.05, 4.69) is 32.6 Å². The number of pyridine rings is 1. The van der Waals surface area contributed by atoms with Crippen LogP contribution in [0.2, 0.25) is 0 Å². The van der Waals surface area contributed by atoms with Gasteiger partial charge in [0.25, 0.3) is 0 Å². The average Bonchev–Trinajstić information content (AvgIpc) is 2.87. The van der Waals surface area contributed by atoms with Crippen LogP contribution in [0.1, 0.15) is 28.2 Å². The van der Waals surface area contributed by atoms with E-state index in [-0.39, 0.29) is 0 Å². The predicted octanol–water partition coefficient (Wildman–Crippen LogP) is 5.62. The van der Waals surface area contributed by atoms with E-state index in [4.69, 9.17) is 4.98 Å². The topological polar surface area (TPSA) is 17.8 Å². The standard InChI is InChI=1S/C20H19BrF2N2/c1-12-8-17(7-6-15-10-16(21)11-18(22)20(15)23)24-19(9-12)25-13(2)4-5-14(25)3/h4-5,8-11H,6-7H2,1-3H3. The smallest absolute Gasteiger partial charge is 0.162 e. The van der Waals surface area contributed by atoms with E-state index in [1.54, 1.807) is 6.07 Å². The van der Waals surface area contributed by atoms with Crippen LogP contribution in [0.4, 0.5) is 8.78 Å². The molecule has 2 aromatic heterocycles. The second kappa shape index (κ2) is 7.08. The molecule has 0 amide bonds. The van der Waals surface area contributed by atoms with Crippen molar-refractivity contribution in [1.82, 2.24) is 9.55 Å². The van der Waals surface area contributed by atoms with Gasteiger partial charge in [0.05, 0.1) is 0 Å². The van der Waals surface area contributed by atoms with Gasteiger partial charge in [0, 0.05) is 21.6 Å². The first-order valence-corrected chi connectivity index (χ1v) is 8.91. The van der Waals surface area contributed by atoms with Crippen molar-refractivity contribution in [3.05, 3.63) is 80.7 Å². The van der Waals surface area contributed by atoms with Crippen LogP contribution in [0.25, 0.3) is 5.82 Å². The van der Waals surface area contributed by atoms with E-state index < -0.39 is 11.6 Å². The zero-order chi connectivity index (χ0) is 18.1. The van der Waals surface area contributed by atoms with E-state index in [1.165, 1.54) is 0 Å². The Morgan fingerprint density at radius 2 is 1.64 bits per heavy atom. The molecule has 0 spiro atoms. The molecule has 2 nitrogen and oxygen atoms in total. The molecule has 1 aromatic carbocycles. The number of aromatic nitrogens is 2. The molecule has 5 heteroatoms. The molecule has 0 atom stereocenters. The van der Waals surface area contributed by atoms with Crippen molar-refractivity contribution in [2.24, 2.45) is 0 Å². The van der Waals surface area contributed by atoms with Gasteiger partial charge in [-0.25, -0.2) is 13.8 Å². The van der Waals surface area contributed by atoms with Crippen LogP contribution in [0, 0.1) is 32.4 Å². The lowest BCUT2D eigenvalue weighted by Crippen LogP contribution is -2.06. The maximum absolute atomic E-state index is 14.0. The zero-order valence-corrected chi connectivity index (χ0v) is 16.0. The molecule has 130 valence electrons. The molecule has 0 N–H and O–H groups in total. The van der Waals surface area contributed by atoms with Gasteiger partial charge < -0.3 is 4.57 Å². The summed E-state index contributed by atoms with van der Waals surface area (Å²) in [7, 11) is 0. The summed E-state index contributed by atoms with van der Waals surface area (Å²) in [4.78, 5) is 4.72. The second-order valence-electron chi connectivity index (χ2n) is 6.31. The minimum absolute atomic E-state index is 0.352. The van der Waals surface area contributed by atoms with Crippen molar-refractivity contribution in [3.63, 3.8) is 0 Å². The zero-order valence-electron chi connectivity index (χ0n) is 14.4. The Labute approximate surface area is 154 Å². The lowest BCUT2D eigenvalue weighted by Gasteiger charge is -2.12. The van der Waals surface area contributed by atoms with Crippen LogP contribution < -0.4 is 0 Å². The van der Waals surface area contributed by atoms with Gasteiger partial charge in [-0.1, -0.05) is 15.9 Å². The summed E-state index contributed by atoms with van der Waals surface area (Å²) in [5.74, 6) is -0.759. The van der Waals surface area contributed by atoms with E-state index in [9.17, 15) is 8.78 Å². The van der Waals surface area contributed by atoms with Crippen LogP contribution in [-0.4, -0.2) is 9.55 Å². The first-order valence-electron chi connectivity index (χ1n) is 8.11. The number of benzene rings is 1. The van der Waals surface area contributed by atoms with Gasteiger partial charge in [0.15, 0.2) is 11.6 Å². The lowest BCUT2D eigenvalue weighted by molar-refractivity contribution is 0.497. The van der Waals surface area contributed by atoms with Gasteiger partial charge in [-0.3, -0.25) is 0 Å². The van der Waals surface area contributed by atoms with Crippen LogP contribution in [0.5, 0.6) is 0 Å². The van der Waals surface area contributed by atoms with Crippen molar-refractivity contribution >= 4 is 15.9 Å². The van der Waals surface area contributed by atoms with Crippen molar-refractivity contribution in [3.8, 4) is 5.82 Å². The Kier molecular flexibility index (Phi) is 5.04.